The van der Waals surface area contributed by atoms with Crippen LogP contribution in [0, 0.1) is 5.92 Å². The number of ether oxygens (including phenoxy) is 1. The molecule has 0 amide bonds. The first-order valence-electron chi connectivity index (χ1n) is 14.2. The molecule has 3 rings (SSSR count). The van der Waals surface area contributed by atoms with Crippen LogP contribution in [-0.4, -0.2) is 30.0 Å². The molecular weight excluding hydrogens is 450 g/mol. The van der Waals surface area contributed by atoms with E-state index in [0.29, 0.717) is 18.4 Å². The number of hydrogen-bond acceptors (Lipinski definition) is 4. The van der Waals surface area contributed by atoms with Crippen molar-refractivity contribution < 1.29 is 9.53 Å². The van der Waals surface area contributed by atoms with Crippen LogP contribution in [0.1, 0.15) is 101 Å². The summed E-state index contributed by atoms with van der Waals surface area (Å²) in [6, 6.07) is 11.3. The fraction of sp³-hybridized carbons (Fsp3) is 0.645. The smallest absolute Gasteiger partial charge is 0.311 e. The number of unbranched alkanes of at least 4 members (excludes halogenated alkanes) is 4. The number of carbonyl (C=O) groups is 1. The van der Waals surface area contributed by atoms with Crippen molar-refractivity contribution >= 4 is 17.3 Å². The molecule has 2 aromatic rings. The van der Waals surface area contributed by atoms with E-state index in [9.17, 15) is 4.79 Å². The van der Waals surface area contributed by atoms with Gasteiger partial charge in [0.2, 0.25) is 0 Å². The monoisotopic (exact) mass is 497 g/mol. The third kappa shape index (κ3) is 9.38. The minimum absolute atomic E-state index is 0.0677. The maximum atomic E-state index is 12.6. The normalized spacial score (nSPS) is 16.3. The largest absolute Gasteiger partial charge is 0.426 e. The molecule has 1 aliphatic rings. The molecule has 4 heteroatoms. The van der Waals surface area contributed by atoms with Crippen LogP contribution in [0.3, 0.4) is 0 Å². The van der Waals surface area contributed by atoms with Crippen LogP contribution in [0.25, 0.3) is 0 Å². The molecule has 3 nitrogen and oxygen atoms in total. The third-order valence-electron chi connectivity index (χ3n) is 7.53. The molecule has 0 saturated heterocycles. The molecule has 1 aliphatic carbocycles. The standard InChI is InChI=1S/C31H47NO2S/c1-4-6-7-8-9-12-25(3)16-19-31(33)34-30-15-10-13-26-24-27(17-18-29(26)30)32(21-5-2)22-20-28-14-11-23-35-28/h10-11,13-15,23,25,27H,4-9,12,16-22,24H2,1-3H3. The maximum Gasteiger partial charge on any atom is 0.311 e. The van der Waals surface area contributed by atoms with Crippen molar-refractivity contribution in [1.82, 2.24) is 4.90 Å². The van der Waals surface area contributed by atoms with Gasteiger partial charge in [0, 0.05) is 23.9 Å². The molecule has 1 aromatic heterocycles. The van der Waals surface area contributed by atoms with E-state index >= 15 is 0 Å². The number of nitrogens with zero attached hydrogens (tertiary/aromatic N) is 1. The van der Waals surface area contributed by atoms with E-state index in [1.54, 1.807) is 0 Å². The molecule has 1 heterocycles. The van der Waals surface area contributed by atoms with E-state index in [0.717, 1.165) is 50.9 Å². The van der Waals surface area contributed by atoms with Crippen molar-refractivity contribution in [1.29, 1.82) is 0 Å². The molecule has 0 aliphatic heterocycles. The predicted molar refractivity (Wildman–Crippen MR) is 150 cm³/mol. The lowest BCUT2D eigenvalue weighted by atomic mass is 9.86. The lowest BCUT2D eigenvalue weighted by Crippen LogP contribution is -2.41. The van der Waals surface area contributed by atoms with Gasteiger partial charge >= 0.3 is 5.97 Å². The Morgan fingerprint density at radius 2 is 1.91 bits per heavy atom. The molecule has 0 bridgehead atoms. The van der Waals surface area contributed by atoms with Gasteiger partial charge in [-0.3, -0.25) is 9.69 Å². The average molecular weight is 498 g/mol. The number of esters is 1. The van der Waals surface area contributed by atoms with Crippen molar-refractivity contribution in [3.8, 4) is 5.75 Å². The van der Waals surface area contributed by atoms with Gasteiger partial charge in [0.1, 0.15) is 5.75 Å². The highest BCUT2D eigenvalue weighted by molar-refractivity contribution is 7.09. The molecule has 0 saturated carbocycles. The van der Waals surface area contributed by atoms with Gasteiger partial charge in [-0.05, 0) is 79.6 Å². The molecule has 0 N–H and O–H groups in total. The molecule has 194 valence electrons. The number of hydrogen-bond donors (Lipinski definition) is 0. The van der Waals surface area contributed by atoms with Crippen molar-refractivity contribution in [2.45, 2.75) is 110 Å². The Labute approximate surface area is 218 Å². The van der Waals surface area contributed by atoms with Crippen LogP contribution >= 0.6 is 11.3 Å². The zero-order chi connectivity index (χ0) is 24.9. The van der Waals surface area contributed by atoms with Crippen LogP contribution < -0.4 is 4.74 Å². The summed E-state index contributed by atoms with van der Waals surface area (Å²) in [5, 5.41) is 2.18. The lowest BCUT2D eigenvalue weighted by Gasteiger charge is -2.35. The van der Waals surface area contributed by atoms with E-state index in [1.807, 2.05) is 17.4 Å². The summed E-state index contributed by atoms with van der Waals surface area (Å²) in [5.41, 5.74) is 2.63. The van der Waals surface area contributed by atoms with Gasteiger partial charge in [-0.2, -0.15) is 0 Å². The molecule has 0 spiro atoms. The summed E-state index contributed by atoms with van der Waals surface area (Å²) in [4.78, 5) is 16.8. The topological polar surface area (TPSA) is 29.5 Å². The fourth-order valence-electron chi connectivity index (χ4n) is 5.41. The van der Waals surface area contributed by atoms with Crippen LogP contribution in [0.15, 0.2) is 35.7 Å². The second-order valence-corrected chi connectivity index (χ2v) is 11.5. The quantitative estimate of drug-likeness (QED) is 0.133. The third-order valence-corrected chi connectivity index (χ3v) is 8.47. The number of rotatable bonds is 16. The highest BCUT2D eigenvalue weighted by Gasteiger charge is 2.26. The van der Waals surface area contributed by atoms with E-state index in [1.165, 1.54) is 60.9 Å². The van der Waals surface area contributed by atoms with Gasteiger partial charge in [0.25, 0.3) is 0 Å². The summed E-state index contributed by atoms with van der Waals surface area (Å²) in [5.74, 6) is 1.33. The first-order chi connectivity index (χ1) is 17.1. The minimum atomic E-state index is -0.0677. The van der Waals surface area contributed by atoms with Crippen molar-refractivity contribution in [3.05, 3.63) is 51.7 Å². The zero-order valence-electron chi connectivity index (χ0n) is 22.4. The maximum absolute atomic E-state index is 12.6. The van der Waals surface area contributed by atoms with Crippen molar-refractivity contribution in [2.24, 2.45) is 5.92 Å². The Morgan fingerprint density at radius 1 is 1.06 bits per heavy atom. The Balaban J connectivity index is 1.48. The second kappa shape index (κ2) is 15.5. The Hall–Kier alpha value is -1.65. The van der Waals surface area contributed by atoms with Gasteiger partial charge in [-0.1, -0.05) is 77.5 Å². The first kappa shape index (κ1) is 27.9. The molecule has 2 unspecified atom stereocenters. The second-order valence-electron chi connectivity index (χ2n) is 10.5. The molecule has 0 radical (unpaired) electrons. The van der Waals surface area contributed by atoms with E-state index < -0.39 is 0 Å². The predicted octanol–water partition coefficient (Wildman–Crippen LogP) is 8.24. The van der Waals surface area contributed by atoms with Gasteiger partial charge in [0.15, 0.2) is 0 Å². The summed E-state index contributed by atoms with van der Waals surface area (Å²) in [6.45, 7) is 9.08. The first-order valence-corrected chi connectivity index (χ1v) is 15.1. The summed E-state index contributed by atoms with van der Waals surface area (Å²) >= 11 is 1.86. The number of fused-ring (bicyclic) bond motifs is 1. The molecule has 0 fully saturated rings. The average Bonchev–Trinajstić information content (AvgIpc) is 3.39. The van der Waals surface area contributed by atoms with E-state index in [4.69, 9.17) is 4.74 Å². The van der Waals surface area contributed by atoms with Crippen molar-refractivity contribution in [3.63, 3.8) is 0 Å². The van der Waals surface area contributed by atoms with Crippen LogP contribution in [-0.2, 0) is 24.1 Å². The Morgan fingerprint density at radius 3 is 2.69 bits per heavy atom. The number of carbonyl (C=O) groups excluding carboxylic acids is 1. The summed E-state index contributed by atoms with van der Waals surface area (Å²) in [7, 11) is 0. The summed E-state index contributed by atoms with van der Waals surface area (Å²) < 4.78 is 5.91. The zero-order valence-corrected chi connectivity index (χ0v) is 23.2. The fourth-order valence-corrected chi connectivity index (χ4v) is 6.11. The SMILES string of the molecule is CCCCCCCC(C)CCC(=O)Oc1cccc2c1CCC(N(CCC)CCc1cccs1)C2. The highest BCUT2D eigenvalue weighted by Crippen LogP contribution is 2.32. The van der Waals surface area contributed by atoms with Gasteiger partial charge < -0.3 is 4.74 Å². The molecule has 2 atom stereocenters. The minimum Gasteiger partial charge on any atom is -0.426 e. The van der Waals surface area contributed by atoms with Crippen LogP contribution in [0.4, 0.5) is 0 Å². The number of benzene rings is 1. The Kier molecular flexibility index (Phi) is 12.3. The molecular formula is C31H47NO2S. The van der Waals surface area contributed by atoms with Crippen LogP contribution in [0.5, 0.6) is 5.75 Å². The van der Waals surface area contributed by atoms with Gasteiger partial charge in [-0.15, -0.1) is 11.3 Å². The van der Waals surface area contributed by atoms with E-state index in [2.05, 4.69) is 55.3 Å². The lowest BCUT2D eigenvalue weighted by molar-refractivity contribution is -0.134. The van der Waals surface area contributed by atoms with Gasteiger partial charge in [0.05, 0.1) is 0 Å². The molecule has 35 heavy (non-hydrogen) atoms. The van der Waals surface area contributed by atoms with E-state index in [-0.39, 0.29) is 5.97 Å². The van der Waals surface area contributed by atoms with Gasteiger partial charge in [-0.25, -0.2) is 0 Å². The summed E-state index contributed by atoms with van der Waals surface area (Å²) in [6.07, 6.45) is 14.8. The highest BCUT2D eigenvalue weighted by atomic mass is 32.1. The van der Waals surface area contributed by atoms with Crippen molar-refractivity contribution in [2.75, 3.05) is 13.1 Å². The number of thiophene rings is 1. The van der Waals surface area contributed by atoms with Crippen LogP contribution in [0.2, 0.25) is 0 Å². The molecule has 1 aromatic carbocycles. The Bertz CT molecular complexity index is 863.